The van der Waals surface area contributed by atoms with Crippen LogP contribution >= 0.6 is 0 Å². The number of hydrogen-bond acceptors (Lipinski definition) is 8. The Bertz CT molecular complexity index is 715. The summed E-state index contributed by atoms with van der Waals surface area (Å²) in [5.41, 5.74) is 5.66. The summed E-state index contributed by atoms with van der Waals surface area (Å²) in [5, 5.41) is 28.4. The van der Waals surface area contributed by atoms with E-state index in [0.717, 1.165) is 0 Å². The van der Waals surface area contributed by atoms with Crippen LogP contribution in [0.5, 0.6) is 0 Å². The largest absolute Gasteiger partial charge is 0.506 e. The van der Waals surface area contributed by atoms with E-state index in [0.29, 0.717) is 0 Å². The summed E-state index contributed by atoms with van der Waals surface area (Å²) in [4.78, 5) is 10.8. The van der Waals surface area contributed by atoms with Gasteiger partial charge in [-0.25, -0.2) is 4.98 Å². The molecule has 3 heterocycles. The third kappa shape index (κ3) is 1.66. The molecular weight excluding hydrogens is 273 g/mol. The molecule has 1 unspecified atom stereocenters. The Labute approximate surface area is 110 Å². The number of aliphatic hydroxyl groups is 3. The maximum atomic E-state index is 13.2. The minimum Gasteiger partial charge on any atom is -0.506 e. The van der Waals surface area contributed by atoms with Crippen LogP contribution in [0.4, 0.5) is 10.2 Å². The lowest BCUT2D eigenvalue weighted by molar-refractivity contribution is -0.0120. The molecule has 3 rings (SSSR count). The first kappa shape index (κ1) is 12.6. The highest BCUT2D eigenvalue weighted by Gasteiger charge is 2.37. The molecule has 0 fully saturated rings. The predicted octanol–water partition coefficient (Wildman–Crippen LogP) is -0.801. The van der Waals surface area contributed by atoms with E-state index in [9.17, 15) is 14.6 Å². The second-order valence-electron chi connectivity index (χ2n) is 4.12. The van der Waals surface area contributed by atoms with Gasteiger partial charge < -0.3 is 25.8 Å². The lowest BCUT2D eigenvalue weighted by Gasteiger charge is -2.17. The van der Waals surface area contributed by atoms with E-state index in [1.807, 2.05) is 0 Å². The van der Waals surface area contributed by atoms with Crippen LogP contribution in [0.1, 0.15) is 6.23 Å². The first-order valence-corrected chi connectivity index (χ1v) is 5.56. The molecule has 5 N–H and O–H groups in total. The number of nitrogens with zero attached hydrogens (tertiary/aromatic N) is 4. The van der Waals surface area contributed by atoms with Gasteiger partial charge in [-0.05, 0) is 0 Å². The van der Waals surface area contributed by atoms with Crippen molar-refractivity contribution in [3.05, 3.63) is 23.9 Å². The molecule has 0 radical (unpaired) electrons. The van der Waals surface area contributed by atoms with Crippen LogP contribution in [-0.2, 0) is 4.74 Å². The molecular formula is C10H10FN5O4. The van der Waals surface area contributed by atoms with Crippen molar-refractivity contribution in [1.82, 2.24) is 19.5 Å². The first-order chi connectivity index (χ1) is 9.52. The molecule has 0 saturated carbocycles. The smallest absolute Gasteiger partial charge is 0.312 e. The fourth-order valence-corrected chi connectivity index (χ4v) is 1.99. The highest BCUT2D eigenvalue weighted by Crippen LogP contribution is 2.33. The quantitative estimate of drug-likeness (QED) is 0.525. The summed E-state index contributed by atoms with van der Waals surface area (Å²) in [6, 6.07) is 0. The van der Waals surface area contributed by atoms with Crippen molar-refractivity contribution in [3.63, 3.8) is 0 Å². The molecule has 20 heavy (non-hydrogen) atoms. The number of nitrogens with two attached hydrogens (primary N) is 1. The summed E-state index contributed by atoms with van der Waals surface area (Å²) >= 11 is 0. The number of hydrogen-bond donors (Lipinski definition) is 4. The van der Waals surface area contributed by atoms with Crippen LogP contribution in [0.25, 0.3) is 11.2 Å². The van der Waals surface area contributed by atoms with E-state index in [1.165, 1.54) is 10.9 Å². The zero-order chi connectivity index (χ0) is 14.4. The van der Waals surface area contributed by atoms with Gasteiger partial charge in [0, 0.05) is 0 Å². The van der Waals surface area contributed by atoms with Crippen molar-refractivity contribution in [2.75, 3.05) is 12.3 Å². The van der Waals surface area contributed by atoms with E-state index in [4.69, 9.17) is 15.6 Å². The third-order valence-corrected chi connectivity index (χ3v) is 2.94. The van der Waals surface area contributed by atoms with Gasteiger partial charge in [0.1, 0.15) is 12.9 Å². The van der Waals surface area contributed by atoms with Crippen LogP contribution in [0.2, 0.25) is 0 Å². The Kier molecular flexibility index (Phi) is 2.69. The predicted molar refractivity (Wildman–Crippen MR) is 62.6 cm³/mol. The van der Waals surface area contributed by atoms with Crippen molar-refractivity contribution in [2.45, 2.75) is 12.3 Å². The molecule has 10 heteroatoms. The molecule has 2 aromatic heterocycles. The fraction of sp³-hybridized carbons (Fsp3) is 0.300. The SMILES string of the molecule is Nc1nc(F)nc2c1ncn2[C@@H]1OC(CO)=C(O)C1O. The molecule has 1 aliphatic heterocycles. The van der Waals surface area contributed by atoms with Gasteiger partial charge in [0.05, 0.1) is 0 Å². The number of rotatable bonds is 2. The summed E-state index contributed by atoms with van der Waals surface area (Å²) in [6.45, 7) is -0.586. The second-order valence-corrected chi connectivity index (χ2v) is 4.12. The van der Waals surface area contributed by atoms with Crippen LogP contribution < -0.4 is 5.73 Å². The number of halogens is 1. The number of nitrogen functional groups attached to an aromatic ring is 1. The molecule has 106 valence electrons. The molecule has 9 nitrogen and oxygen atoms in total. The van der Waals surface area contributed by atoms with Gasteiger partial charge in [-0.2, -0.15) is 14.4 Å². The highest BCUT2D eigenvalue weighted by molar-refractivity contribution is 5.81. The van der Waals surface area contributed by atoms with Gasteiger partial charge in [-0.1, -0.05) is 0 Å². The van der Waals surface area contributed by atoms with Gasteiger partial charge in [0.2, 0.25) is 6.23 Å². The van der Waals surface area contributed by atoms with Gasteiger partial charge in [-0.15, -0.1) is 0 Å². The number of fused-ring (bicyclic) bond motifs is 1. The van der Waals surface area contributed by atoms with Crippen LogP contribution in [-0.4, -0.2) is 47.5 Å². The van der Waals surface area contributed by atoms with Gasteiger partial charge in [0.15, 0.2) is 34.6 Å². The van der Waals surface area contributed by atoms with Crippen LogP contribution in [0.3, 0.4) is 0 Å². The lowest BCUT2D eigenvalue weighted by Crippen LogP contribution is -2.22. The van der Waals surface area contributed by atoms with Crippen molar-refractivity contribution >= 4 is 17.0 Å². The minimum atomic E-state index is -1.44. The Balaban J connectivity index is 2.09. The van der Waals surface area contributed by atoms with Gasteiger partial charge in [-0.3, -0.25) is 4.57 Å². The summed E-state index contributed by atoms with van der Waals surface area (Å²) < 4.78 is 19.6. The Hall–Kier alpha value is -2.46. The molecule has 2 atom stereocenters. The van der Waals surface area contributed by atoms with Crippen molar-refractivity contribution in [2.24, 2.45) is 0 Å². The van der Waals surface area contributed by atoms with E-state index >= 15 is 0 Å². The molecule has 0 amide bonds. The van der Waals surface area contributed by atoms with E-state index in [-0.39, 0.29) is 22.7 Å². The van der Waals surface area contributed by atoms with Gasteiger partial charge in [0.25, 0.3) is 0 Å². The maximum Gasteiger partial charge on any atom is 0.312 e. The normalized spacial score (nSPS) is 22.6. The van der Waals surface area contributed by atoms with E-state index in [1.54, 1.807) is 0 Å². The summed E-state index contributed by atoms with van der Waals surface area (Å²) in [5.74, 6) is -0.827. The van der Waals surface area contributed by atoms with E-state index in [2.05, 4.69) is 15.0 Å². The van der Waals surface area contributed by atoms with Crippen LogP contribution in [0, 0.1) is 6.08 Å². The minimum absolute atomic E-state index is 0.00559. The number of aliphatic hydroxyl groups excluding tert-OH is 3. The zero-order valence-electron chi connectivity index (χ0n) is 9.93. The highest BCUT2D eigenvalue weighted by atomic mass is 19.1. The Morgan fingerprint density at radius 2 is 2.20 bits per heavy atom. The average molecular weight is 283 g/mol. The van der Waals surface area contributed by atoms with Crippen molar-refractivity contribution in [3.8, 4) is 0 Å². The van der Waals surface area contributed by atoms with Crippen molar-refractivity contribution < 1.29 is 24.4 Å². The monoisotopic (exact) mass is 283 g/mol. The topological polar surface area (TPSA) is 140 Å². The number of imidazole rings is 1. The second kappa shape index (κ2) is 4.28. The van der Waals surface area contributed by atoms with E-state index < -0.39 is 30.8 Å². The molecule has 0 saturated heterocycles. The number of anilines is 1. The molecule has 2 aromatic rings. The maximum absolute atomic E-state index is 13.2. The number of aromatic nitrogens is 4. The molecule has 0 spiro atoms. The Morgan fingerprint density at radius 1 is 1.45 bits per heavy atom. The number of ether oxygens (including phenoxy) is 1. The fourth-order valence-electron chi connectivity index (χ4n) is 1.99. The standard InChI is InChI=1S/C10H10FN5O4/c11-10-14-7(12)4-8(15-10)16(2-13-4)9-6(19)5(18)3(1-17)20-9/h2,6,9,17-19H,1H2,(H2,12,14,15)/t6?,9-/m1/s1. The summed E-state index contributed by atoms with van der Waals surface area (Å²) in [6.07, 6.45) is -2.40. The Morgan fingerprint density at radius 3 is 2.85 bits per heavy atom. The van der Waals surface area contributed by atoms with Crippen LogP contribution in [0.15, 0.2) is 17.8 Å². The molecule has 1 aliphatic rings. The average Bonchev–Trinajstić information content (AvgIpc) is 2.93. The zero-order valence-corrected chi connectivity index (χ0v) is 9.93. The molecule has 0 bridgehead atoms. The molecule has 0 aromatic carbocycles. The van der Waals surface area contributed by atoms with Gasteiger partial charge >= 0.3 is 6.08 Å². The first-order valence-electron chi connectivity index (χ1n) is 5.56. The summed E-state index contributed by atoms with van der Waals surface area (Å²) in [7, 11) is 0. The third-order valence-electron chi connectivity index (χ3n) is 2.94. The molecule has 0 aliphatic carbocycles. The van der Waals surface area contributed by atoms with Crippen molar-refractivity contribution in [1.29, 1.82) is 0 Å². The lowest BCUT2D eigenvalue weighted by atomic mass is 10.2.